The lowest BCUT2D eigenvalue weighted by molar-refractivity contribution is -0.170. The molecule has 32 heavy (non-hydrogen) atoms. The normalized spacial score (nSPS) is 14.2. The molecule has 0 rings (SSSR count). The minimum Gasteiger partial charge on any atom is -0.479 e. The number of carboxylic acid groups (broad SMARTS) is 1. The zero-order valence-corrected chi connectivity index (χ0v) is 20.2. The molecule has 0 fully saturated rings. The van der Waals surface area contributed by atoms with Crippen molar-refractivity contribution in [2.75, 3.05) is 7.11 Å². The van der Waals surface area contributed by atoms with Gasteiger partial charge < -0.3 is 19.7 Å². The van der Waals surface area contributed by atoms with E-state index in [0.717, 1.165) is 51.9 Å². The maximum atomic E-state index is 11.8. The molecule has 186 valence electrons. The second-order valence-corrected chi connectivity index (χ2v) is 8.38. The number of aliphatic hydroxyl groups is 1. The minimum absolute atomic E-state index is 0.104. The van der Waals surface area contributed by atoms with Gasteiger partial charge in [0.05, 0.1) is 6.10 Å². The van der Waals surface area contributed by atoms with E-state index in [1.807, 2.05) is 0 Å². The van der Waals surface area contributed by atoms with Crippen LogP contribution >= 0.6 is 0 Å². The highest BCUT2D eigenvalue weighted by Crippen LogP contribution is 2.13. The molecule has 0 spiro atoms. The first kappa shape index (κ1) is 30.3. The summed E-state index contributed by atoms with van der Waals surface area (Å²) in [5, 5.41) is 18.2. The van der Waals surface area contributed by atoms with Gasteiger partial charge in [-0.15, -0.1) is 0 Å². The molecule has 2 N–H and O–H groups in total. The van der Waals surface area contributed by atoms with Gasteiger partial charge in [-0.2, -0.15) is 0 Å². The van der Waals surface area contributed by atoms with Crippen LogP contribution < -0.4 is 0 Å². The first-order chi connectivity index (χ1) is 15.3. The van der Waals surface area contributed by atoms with E-state index in [2.05, 4.69) is 19.1 Å². The fraction of sp³-hybridized carbons (Fsp3) is 0.800. The summed E-state index contributed by atoms with van der Waals surface area (Å²) in [5.74, 6) is -2.94. The standard InChI is InChI=1S/C25H44O7/c1-4-5-6-11-14-17-21(31-3)18-15-12-9-7-8-10-13-16-19-22(27)32-24(20(2)26)23(28)25(29)30/h12,15,21,23-24,28H,4-11,13-14,16-19H2,1-3H3,(H,29,30)/b15-12+. The van der Waals surface area contributed by atoms with Crippen molar-refractivity contribution in [1.82, 2.24) is 0 Å². The summed E-state index contributed by atoms with van der Waals surface area (Å²) in [5.41, 5.74) is 0. The summed E-state index contributed by atoms with van der Waals surface area (Å²) in [6.07, 6.45) is 15.3. The zero-order valence-electron chi connectivity index (χ0n) is 20.2. The molecule has 0 aromatic heterocycles. The van der Waals surface area contributed by atoms with Crippen molar-refractivity contribution in [3.63, 3.8) is 0 Å². The number of hydrogen-bond donors (Lipinski definition) is 2. The van der Waals surface area contributed by atoms with Gasteiger partial charge in [0.1, 0.15) is 0 Å². The van der Waals surface area contributed by atoms with E-state index in [4.69, 9.17) is 14.6 Å². The number of methoxy groups -OCH3 is 1. The Bertz CT molecular complexity index is 544. The van der Waals surface area contributed by atoms with Crippen molar-refractivity contribution < 1.29 is 34.1 Å². The van der Waals surface area contributed by atoms with Crippen LogP contribution in [-0.4, -0.2) is 53.4 Å². The Morgan fingerprint density at radius 3 is 2.16 bits per heavy atom. The van der Waals surface area contributed by atoms with Gasteiger partial charge in [0, 0.05) is 13.5 Å². The number of hydrogen-bond acceptors (Lipinski definition) is 6. The summed E-state index contributed by atoms with van der Waals surface area (Å²) in [4.78, 5) is 33.9. The predicted molar refractivity (Wildman–Crippen MR) is 124 cm³/mol. The molecule has 0 aromatic carbocycles. The molecular weight excluding hydrogens is 412 g/mol. The van der Waals surface area contributed by atoms with Crippen LogP contribution in [0.4, 0.5) is 0 Å². The van der Waals surface area contributed by atoms with Gasteiger partial charge in [0.25, 0.3) is 0 Å². The predicted octanol–water partition coefficient (Wildman–Crippen LogP) is 4.99. The van der Waals surface area contributed by atoms with Gasteiger partial charge in [-0.3, -0.25) is 9.59 Å². The molecule has 3 atom stereocenters. The number of esters is 1. The van der Waals surface area contributed by atoms with E-state index >= 15 is 0 Å². The minimum atomic E-state index is -2.03. The van der Waals surface area contributed by atoms with E-state index in [-0.39, 0.29) is 6.42 Å². The smallest absolute Gasteiger partial charge is 0.336 e. The van der Waals surface area contributed by atoms with Gasteiger partial charge in [0.2, 0.25) is 0 Å². The third-order valence-electron chi connectivity index (χ3n) is 5.48. The molecule has 0 radical (unpaired) electrons. The fourth-order valence-corrected chi connectivity index (χ4v) is 3.43. The zero-order chi connectivity index (χ0) is 24.2. The third kappa shape index (κ3) is 16.0. The SMILES string of the molecule is CCCCCCCC(C/C=C/CCCCCCCC(=O)OC(C(C)=O)C(O)C(=O)O)OC. The lowest BCUT2D eigenvalue weighted by atomic mass is 10.1. The highest BCUT2D eigenvalue weighted by Gasteiger charge is 2.32. The molecule has 0 saturated carbocycles. The number of aliphatic hydroxyl groups excluding tert-OH is 1. The number of ether oxygens (including phenoxy) is 2. The van der Waals surface area contributed by atoms with Crippen LogP contribution in [0.15, 0.2) is 12.2 Å². The topological polar surface area (TPSA) is 110 Å². The van der Waals surface area contributed by atoms with E-state index in [1.54, 1.807) is 7.11 Å². The molecule has 3 unspecified atom stereocenters. The number of allylic oxidation sites excluding steroid dienone is 1. The molecule has 7 nitrogen and oxygen atoms in total. The van der Waals surface area contributed by atoms with Crippen molar-refractivity contribution in [1.29, 1.82) is 0 Å². The number of carbonyl (C=O) groups is 3. The van der Waals surface area contributed by atoms with E-state index in [1.165, 1.54) is 32.1 Å². The summed E-state index contributed by atoms with van der Waals surface area (Å²) in [6, 6.07) is 0. The lowest BCUT2D eigenvalue weighted by Crippen LogP contribution is -2.42. The van der Waals surface area contributed by atoms with E-state index in [0.29, 0.717) is 12.5 Å². The van der Waals surface area contributed by atoms with Crippen LogP contribution in [0.5, 0.6) is 0 Å². The summed E-state index contributed by atoms with van der Waals surface area (Å²) in [6.45, 7) is 3.31. The largest absolute Gasteiger partial charge is 0.479 e. The molecule has 0 aliphatic carbocycles. The van der Waals surface area contributed by atoms with E-state index in [9.17, 15) is 19.5 Å². The number of carbonyl (C=O) groups excluding carboxylic acids is 2. The summed E-state index contributed by atoms with van der Waals surface area (Å²) in [7, 11) is 1.79. The Kier molecular flexibility index (Phi) is 18.8. The number of carboxylic acids is 1. The van der Waals surface area contributed by atoms with Crippen molar-refractivity contribution in [3.8, 4) is 0 Å². The maximum Gasteiger partial charge on any atom is 0.336 e. The molecule has 7 heteroatoms. The molecule has 0 heterocycles. The summed E-state index contributed by atoms with van der Waals surface area (Å²) < 4.78 is 10.4. The van der Waals surface area contributed by atoms with Crippen LogP contribution in [0.2, 0.25) is 0 Å². The van der Waals surface area contributed by atoms with Crippen LogP contribution in [0.1, 0.15) is 104 Å². The average molecular weight is 457 g/mol. The Hall–Kier alpha value is -1.73. The van der Waals surface area contributed by atoms with E-state index < -0.39 is 29.9 Å². The van der Waals surface area contributed by atoms with Gasteiger partial charge in [-0.25, -0.2) is 4.79 Å². The molecule has 0 aliphatic heterocycles. The lowest BCUT2D eigenvalue weighted by Gasteiger charge is -2.17. The first-order valence-corrected chi connectivity index (χ1v) is 12.1. The van der Waals surface area contributed by atoms with Gasteiger partial charge >= 0.3 is 11.9 Å². The number of unbranched alkanes of at least 4 members (excludes halogenated alkanes) is 9. The summed E-state index contributed by atoms with van der Waals surface area (Å²) >= 11 is 0. The van der Waals surface area contributed by atoms with Crippen molar-refractivity contribution in [2.24, 2.45) is 0 Å². The second-order valence-electron chi connectivity index (χ2n) is 8.38. The number of Topliss-reactive ketones (excluding diaryl/α,β-unsaturated/α-hetero) is 1. The first-order valence-electron chi connectivity index (χ1n) is 12.1. The van der Waals surface area contributed by atoms with Crippen molar-refractivity contribution in [2.45, 2.75) is 122 Å². The maximum absolute atomic E-state index is 11.8. The quantitative estimate of drug-likeness (QED) is 0.142. The molecule has 0 amide bonds. The molecular formula is C25H44O7. The van der Waals surface area contributed by atoms with Crippen LogP contribution in [0.25, 0.3) is 0 Å². The Morgan fingerprint density at radius 1 is 0.906 bits per heavy atom. The van der Waals surface area contributed by atoms with Gasteiger partial charge in [0.15, 0.2) is 18.0 Å². The number of ketones is 1. The van der Waals surface area contributed by atoms with Crippen LogP contribution in [0, 0.1) is 0 Å². The third-order valence-corrected chi connectivity index (χ3v) is 5.48. The Balaban J connectivity index is 3.78. The fourth-order valence-electron chi connectivity index (χ4n) is 3.43. The molecule has 0 bridgehead atoms. The van der Waals surface area contributed by atoms with Crippen LogP contribution in [0.3, 0.4) is 0 Å². The highest BCUT2D eigenvalue weighted by molar-refractivity contribution is 5.89. The van der Waals surface area contributed by atoms with Crippen LogP contribution in [-0.2, 0) is 23.9 Å². The Morgan fingerprint density at radius 2 is 1.53 bits per heavy atom. The monoisotopic (exact) mass is 456 g/mol. The Labute approximate surface area is 193 Å². The average Bonchev–Trinajstić information content (AvgIpc) is 2.76. The highest BCUT2D eigenvalue weighted by atomic mass is 16.6. The number of rotatable bonds is 21. The molecule has 0 aliphatic rings. The molecule has 0 aromatic rings. The second kappa shape index (κ2) is 19.9. The molecule has 0 saturated heterocycles. The number of aliphatic carboxylic acids is 1. The van der Waals surface area contributed by atoms with Gasteiger partial charge in [-0.1, -0.05) is 70.4 Å². The van der Waals surface area contributed by atoms with Gasteiger partial charge in [-0.05, 0) is 39.0 Å². The van der Waals surface area contributed by atoms with Crippen molar-refractivity contribution in [3.05, 3.63) is 12.2 Å². The van der Waals surface area contributed by atoms with Crippen molar-refractivity contribution >= 4 is 17.7 Å².